The Morgan fingerprint density at radius 2 is 0.583 bits per heavy atom. The molecule has 0 aliphatic carbocycles. The van der Waals surface area contributed by atoms with Crippen molar-refractivity contribution in [2.75, 3.05) is 0 Å². The van der Waals surface area contributed by atoms with Gasteiger partial charge in [0.1, 0.15) is 0 Å². The Morgan fingerprint density at radius 1 is 0.167 bits per heavy atom. The molecule has 0 radical (unpaired) electrons. The lowest BCUT2D eigenvalue weighted by Gasteiger charge is -2.20. The summed E-state index contributed by atoms with van der Waals surface area (Å²) in [5, 5.41) is 7.50. The SMILES string of the molecule is c1ccc(-c2cccc(-c3ccc(-c4c5ccccc5c(-c5ccccc5)c5ccccc45)cc3-c3ccccc3-c3cccc(-c4ccc5ccccc5c4)c3)c2)cc1. The van der Waals surface area contributed by atoms with Crippen molar-refractivity contribution < 1.29 is 0 Å². The molecular formula is C60H40. The molecule has 11 aromatic carbocycles. The molecule has 0 aromatic heterocycles. The Morgan fingerprint density at radius 3 is 1.22 bits per heavy atom. The molecular weight excluding hydrogens is 721 g/mol. The highest BCUT2D eigenvalue weighted by atomic mass is 14.2. The van der Waals surface area contributed by atoms with Gasteiger partial charge in [0.2, 0.25) is 0 Å². The van der Waals surface area contributed by atoms with Gasteiger partial charge in [0.05, 0.1) is 0 Å². The highest BCUT2D eigenvalue weighted by molar-refractivity contribution is 6.21. The van der Waals surface area contributed by atoms with Crippen molar-refractivity contribution in [3.05, 3.63) is 243 Å². The number of rotatable bonds is 7. The molecule has 0 fully saturated rings. The van der Waals surface area contributed by atoms with E-state index in [1.165, 1.54) is 110 Å². The summed E-state index contributed by atoms with van der Waals surface area (Å²) >= 11 is 0. The molecule has 0 heteroatoms. The molecule has 0 amide bonds. The molecule has 0 nitrogen and oxygen atoms in total. The van der Waals surface area contributed by atoms with Crippen LogP contribution in [0.25, 0.3) is 110 Å². The van der Waals surface area contributed by atoms with E-state index in [4.69, 9.17) is 0 Å². The van der Waals surface area contributed by atoms with E-state index in [1.54, 1.807) is 0 Å². The summed E-state index contributed by atoms with van der Waals surface area (Å²) in [6.07, 6.45) is 0. The molecule has 0 unspecified atom stereocenters. The van der Waals surface area contributed by atoms with Crippen LogP contribution in [0.5, 0.6) is 0 Å². The van der Waals surface area contributed by atoms with Gasteiger partial charge in [0.15, 0.2) is 0 Å². The Bertz CT molecular complexity index is 3300. The minimum atomic E-state index is 1.19. The van der Waals surface area contributed by atoms with Crippen LogP contribution in [-0.2, 0) is 0 Å². The zero-order chi connectivity index (χ0) is 39.8. The van der Waals surface area contributed by atoms with Gasteiger partial charge < -0.3 is 0 Å². The van der Waals surface area contributed by atoms with Gasteiger partial charge in [-0.2, -0.15) is 0 Å². The van der Waals surface area contributed by atoms with Crippen LogP contribution in [0, 0.1) is 0 Å². The molecule has 60 heavy (non-hydrogen) atoms. The maximum atomic E-state index is 2.45. The molecule has 11 aromatic rings. The van der Waals surface area contributed by atoms with E-state index in [0.29, 0.717) is 0 Å². The zero-order valence-electron chi connectivity index (χ0n) is 33.1. The Hall–Kier alpha value is -7.80. The lowest BCUT2D eigenvalue weighted by atomic mass is 9.83. The molecule has 0 saturated heterocycles. The number of hydrogen-bond donors (Lipinski definition) is 0. The van der Waals surface area contributed by atoms with Gasteiger partial charge in [0.25, 0.3) is 0 Å². The van der Waals surface area contributed by atoms with E-state index in [9.17, 15) is 0 Å². The van der Waals surface area contributed by atoms with Gasteiger partial charge in [-0.25, -0.2) is 0 Å². The van der Waals surface area contributed by atoms with E-state index < -0.39 is 0 Å². The molecule has 11 rings (SSSR count). The fraction of sp³-hybridized carbons (Fsp3) is 0. The standard InChI is InChI=1S/C60H40/c1-3-17-41(18-4-1)45-23-15-26-49(38-45)52-36-35-50(60-56-31-13-11-29-54(56)59(43-20-5-2-6-21-43)55-30-12-14-32-57(55)60)40-58(52)53-28-10-9-27-51(53)48-25-16-24-46(39-48)47-34-33-42-19-7-8-22-44(42)37-47/h1-40H. The Kier molecular flexibility index (Phi) is 8.95. The summed E-state index contributed by atoms with van der Waals surface area (Å²) in [6, 6.07) is 88.9. The molecule has 0 atom stereocenters. The van der Waals surface area contributed by atoms with E-state index in [1.807, 2.05) is 0 Å². The van der Waals surface area contributed by atoms with Gasteiger partial charge in [-0.3, -0.25) is 0 Å². The van der Waals surface area contributed by atoms with E-state index >= 15 is 0 Å². The number of benzene rings is 11. The molecule has 0 N–H and O–H groups in total. The van der Waals surface area contributed by atoms with Crippen molar-refractivity contribution in [1.29, 1.82) is 0 Å². The second kappa shape index (κ2) is 15.2. The second-order valence-electron chi connectivity index (χ2n) is 15.6. The molecule has 0 saturated carbocycles. The highest BCUT2D eigenvalue weighted by Gasteiger charge is 2.20. The molecule has 280 valence electrons. The van der Waals surface area contributed by atoms with Crippen molar-refractivity contribution in [2.24, 2.45) is 0 Å². The summed E-state index contributed by atoms with van der Waals surface area (Å²) in [5.74, 6) is 0. The van der Waals surface area contributed by atoms with Gasteiger partial charge in [-0.15, -0.1) is 0 Å². The summed E-state index contributed by atoms with van der Waals surface area (Å²) in [5.41, 5.74) is 16.9. The third-order valence-electron chi connectivity index (χ3n) is 12.1. The first-order valence-corrected chi connectivity index (χ1v) is 20.7. The first kappa shape index (κ1) is 35.4. The average molecular weight is 761 g/mol. The Balaban J connectivity index is 1.15. The maximum absolute atomic E-state index is 2.45. The van der Waals surface area contributed by atoms with Crippen LogP contribution >= 0.6 is 0 Å². The van der Waals surface area contributed by atoms with Crippen LogP contribution in [0.3, 0.4) is 0 Å². The van der Waals surface area contributed by atoms with Crippen LogP contribution in [0.1, 0.15) is 0 Å². The predicted octanol–water partition coefficient (Wildman–Crippen LogP) is 16.8. The van der Waals surface area contributed by atoms with Gasteiger partial charge >= 0.3 is 0 Å². The van der Waals surface area contributed by atoms with Crippen molar-refractivity contribution in [2.45, 2.75) is 0 Å². The van der Waals surface area contributed by atoms with Gasteiger partial charge in [-0.05, 0) is 134 Å². The Labute approximate surface area is 351 Å². The molecule has 0 aliphatic heterocycles. The normalized spacial score (nSPS) is 11.3. The maximum Gasteiger partial charge on any atom is -0.00261 e. The minimum absolute atomic E-state index is 1.19. The van der Waals surface area contributed by atoms with Crippen molar-refractivity contribution in [3.8, 4) is 77.9 Å². The van der Waals surface area contributed by atoms with E-state index in [2.05, 4.69) is 243 Å². The average Bonchev–Trinajstić information content (AvgIpc) is 3.33. The lowest BCUT2D eigenvalue weighted by molar-refractivity contribution is 1.55. The largest absolute Gasteiger partial charge is 0.0622 e. The van der Waals surface area contributed by atoms with Crippen molar-refractivity contribution in [1.82, 2.24) is 0 Å². The summed E-state index contributed by atoms with van der Waals surface area (Å²) in [7, 11) is 0. The van der Waals surface area contributed by atoms with Crippen LogP contribution in [0.15, 0.2) is 243 Å². The first-order chi connectivity index (χ1) is 29.8. The van der Waals surface area contributed by atoms with Gasteiger partial charge in [0, 0.05) is 0 Å². The lowest BCUT2D eigenvalue weighted by Crippen LogP contribution is -1.94. The molecule has 0 bridgehead atoms. The number of fused-ring (bicyclic) bond motifs is 3. The summed E-state index contributed by atoms with van der Waals surface area (Å²) in [6.45, 7) is 0. The summed E-state index contributed by atoms with van der Waals surface area (Å²) in [4.78, 5) is 0. The monoisotopic (exact) mass is 760 g/mol. The smallest absolute Gasteiger partial charge is 0.00261 e. The molecule has 0 spiro atoms. The first-order valence-electron chi connectivity index (χ1n) is 20.7. The third kappa shape index (κ3) is 6.36. The molecule has 0 heterocycles. The van der Waals surface area contributed by atoms with Crippen LogP contribution in [0.4, 0.5) is 0 Å². The minimum Gasteiger partial charge on any atom is -0.0622 e. The number of hydrogen-bond acceptors (Lipinski definition) is 0. The van der Waals surface area contributed by atoms with E-state index in [-0.39, 0.29) is 0 Å². The van der Waals surface area contributed by atoms with E-state index in [0.717, 1.165) is 0 Å². The summed E-state index contributed by atoms with van der Waals surface area (Å²) < 4.78 is 0. The second-order valence-corrected chi connectivity index (χ2v) is 15.6. The van der Waals surface area contributed by atoms with Gasteiger partial charge in [-0.1, -0.05) is 218 Å². The van der Waals surface area contributed by atoms with Crippen LogP contribution in [-0.4, -0.2) is 0 Å². The zero-order valence-corrected chi connectivity index (χ0v) is 33.1. The fourth-order valence-corrected chi connectivity index (χ4v) is 9.23. The van der Waals surface area contributed by atoms with Crippen LogP contribution < -0.4 is 0 Å². The third-order valence-corrected chi connectivity index (χ3v) is 12.1. The fourth-order valence-electron chi connectivity index (χ4n) is 9.23. The highest BCUT2D eigenvalue weighted by Crippen LogP contribution is 2.47. The van der Waals surface area contributed by atoms with Crippen molar-refractivity contribution >= 4 is 32.3 Å². The topological polar surface area (TPSA) is 0 Å². The molecule has 0 aliphatic rings. The quantitative estimate of drug-likeness (QED) is 0.142. The van der Waals surface area contributed by atoms with Crippen molar-refractivity contribution in [3.63, 3.8) is 0 Å². The van der Waals surface area contributed by atoms with Crippen LogP contribution in [0.2, 0.25) is 0 Å². The predicted molar refractivity (Wildman–Crippen MR) is 257 cm³/mol.